The van der Waals surface area contributed by atoms with Crippen LogP contribution in [0, 0.1) is 0 Å². The fourth-order valence-corrected chi connectivity index (χ4v) is 2.95. The molecule has 4 nitrogen and oxygen atoms in total. The lowest BCUT2D eigenvalue weighted by atomic mass is 10.0. The number of nitrogens with zero attached hydrogens (tertiary/aromatic N) is 2. The predicted molar refractivity (Wildman–Crippen MR) is 79.5 cm³/mol. The molecule has 2 aromatic carbocycles. The summed E-state index contributed by atoms with van der Waals surface area (Å²) in [5.41, 5.74) is 9.72. The van der Waals surface area contributed by atoms with E-state index in [1.807, 2.05) is 36.4 Å². The van der Waals surface area contributed by atoms with Gasteiger partial charge in [-0.05, 0) is 17.2 Å². The Kier molecular flexibility index (Phi) is 2.28. The van der Waals surface area contributed by atoms with Crippen LogP contribution in [0.25, 0.3) is 33.2 Å². The van der Waals surface area contributed by atoms with Crippen molar-refractivity contribution in [3.05, 3.63) is 52.8 Å². The number of fused-ring (bicyclic) bond motifs is 3. The van der Waals surface area contributed by atoms with Gasteiger partial charge in [-0.1, -0.05) is 36.4 Å². The van der Waals surface area contributed by atoms with E-state index in [0.717, 1.165) is 33.2 Å². The number of hydrogen-bond donors (Lipinski definition) is 1. The van der Waals surface area contributed by atoms with Crippen LogP contribution in [-0.2, 0) is 6.54 Å². The molecule has 0 radical (unpaired) electrons. The minimum absolute atomic E-state index is 0.0659. The third-order valence-electron chi connectivity index (χ3n) is 3.80. The maximum Gasteiger partial charge on any atom is 0.274 e. The lowest BCUT2D eigenvalue weighted by Gasteiger charge is -2.07. The molecule has 0 bridgehead atoms. The Morgan fingerprint density at radius 3 is 2.55 bits per heavy atom. The maximum absolute atomic E-state index is 12.4. The van der Waals surface area contributed by atoms with E-state index in [9.17, 15) is 4.79 Å². The van der Waals surface area contributed by atoms with Crippen molar-refractivity contribution in [3.8, 4) is 22.4 Å². The Balaban J connectivity index is 2.20. The minimum atomic E-state index is -0.0659. The highest BCUT2D eigenvalue weighted by Crippen LogP contribution is 2.44. The molecule has 1 aliphatic carbocycles. The average Bonchev–Trinajstić information content (AvgIpc) is 2.80. The molecule has 1 heterocycles. The molecule has 0 fully saturated rings. The van der Waals surface area contributed by atoms with Crippen molar-refractivity contribution in [3.63, 3.8) is 0 Å². The lowest BCUT2D eigenvalue weighted by Crippen LogP contribution is -2.26. The highest BCUT2D eigenvalue weighted by atomic mass is 16.1. The maximum atomic E-state index is 12.4. The normalized spacial score (nSPS) is 11.8. The number of rotatable bonds is 2. The summed E-state index contributed by atoms with van der Waals surface area (Å²) in [6, 6.07) is 14.0. The van der Waals surface area contributed by atoms with Crippen LogP contribution < -0.4 is 11.3 Å². The van der Waals surface area contributed by atoms with Crippen LogP contribution in [0.3, 0.4) is 0 Å². The fourth-order valence-electron chi connectivity index (χ4n) is 2.95. The molecule has 0 spiro atoms. The Morgan fingerprint density at radius 2 is 1.75 bits per heavy atom. The zero-order valence-corrected chi connectivity index (χ0v) is 10.8. The van der Waals surface area contributed by atoms with E-state index >= 15 is 0 Å². The van der Waals surface area contributed by atoms with Gasteiger partial charge in [0.2, 0.25) is 0 Å². The molecule has 4 rings (SSSR count). The van der Waals surface area contributed by atoms with Crippen molar-refractivity contribution >= 4 is 10.8 Å². The quantitative estimate of drug-likeness (QED) is 0.601. The molecule has 0 amide bonds. The molecule has 0 atom stereocenters. The third-order valence-corrected chi connectivity index (χ3v) is 3.80. The minimum Gasteiger partial charge on any atom is -0.329 e. The van der Waals surface area contributed by atoms with E-state index in [1.165, 1.54) is 4.68 Å². The number of hydrogen-bond acceptors (Lipinski definition) is 3. The second kappa shape index (κ2) is 4.02. The second-order valence-corrected chi connectivity index (χ2v) is 4.94. The van der Waals surface area contributed by atoms with E-state index in [-0.39, 0.29) is 5.56 Å². The van der Waals surface area contributed by atoms with Gasteiger partial charge in [0.25, 0.3) is 5.56 Å². The molecule has 0 aliphatic heterocycles. The van der Waals surface area contributed by atoms with E-state index in [1.54, 1.807) is 0 Å². The van der Waals surface area contributed by atoms with Crippen LogP contribution in [0.4, 0.5) is 0 Å². The van der Waals surface area contributed by atoms with Crippen LogP contribution in [-0.4, -0.2) is 16.3 Å². The zero-order valence-electron chi connectivity index (χ0n) is 10.8. The van der Waals surface area contributed by atoms with Crippen molar-refractivity contribution in [1.29, 1.82) is 0 Å². The monoisotopic (exact) mass is 263 g/mol. The zero-order chi connectivity index (χ0) is 13.7. The molecule has 98 valence electrons. The van der Waals surface area contributed by atoms with Crippen LogP contribution in [0.5, 0.6) is 0 Å². The van der Waals surface area contributed by atoms with Crippen molar-refractivity contribution in [2.45, 2.75) is 6.54 Å². The van der Waals surface area contributed by atoms with Gasteiger partial charge in [-0.25, -0.2) is 4.68 Å². The Bertz CT molecular complexity index is 896. The van der Waals surface area contributed by atoms with Crippen molar-refractivity contribution in [2.24, 2.45) is 5.73 Å². The van der Waals surface area contributed by atoms with Crippen LogP contribution in [0.1, 0.15) is 0 Å². The number of aromatic nitrogens is 2. The fraction of sp³-hybridized carbons (Fsp3) is 0.125. The first-order valence-corrected chi connectivity index (χ1v) is 6.65. The number of benzene rings is 2. The van der Waals surface area contributed by atoms with Gasteiger partial charge in [0.05, 0.1) is 11.9 Å². The summed E-state index contributed by atoms with van der Waals surface area (Å²) in [5, 5.41) is 6.21. The molecule has 20 heavy (non-hydrogen) atoms. The first-order valence-electron chi connectivity index (χ1n) is 6.65. The van der Waals surface area contributed by atoms with Crippen LogP contribution in [0.2, 0.25) is 0 Å². The molecule has 0 unspecified atom stereocenters. The van der Waals surface area contributed by atoms with Crippen molar-refractivity contribution < 1.29 is 0 Å². The van der Waals surface area contributed by atoms with Crippen molar-refractivity contribution in [1.82, 2.24) is 9.78 Å². The van der Waals surface area contributed by atoms with E-state index < -0.39 is 0 Å². The summed E-state index contributed by atoms with van der Waals surface area (Å²) >= 11 is 0. The summed E-state index contributed by atoms with van der Waals surface area (Å²) in [6.07, 6.45) is 0. The summed E-state index contributed by atoms with van der Waals surface area (Å²) in [7, 11) is 0. The Hall–Kier alpha value is -2.46. The van der Waals surface area contributed by atoms with Crippen LogP contribution in [0.15, 0.2) is 47.3 Å². The number of nitrogens with two attached hydrogens (primary N) is 1. The van der Waals surface area contributed by atoms with Gasteiger partial charge in [0.1, 0.15) is 5.69 Å². The summed E-state index contributed by atoms with van der Waals surface area (Å²) < 4.78 is 1.48. The molecule has 4 heteroatoms. The van der Waals surface area contributed by atoms with Crippen molar-refractivity contribution in [2.75, 3.05) is 6.54 Å². The molecule has 3 aromatic rings. The molecule has 1 aliphatic rings. The van der Waals surface area contributed by atoms with E-state index in [2.05, 4.69) is 11.2 Å². The average molecular weight is 263 g/mol. The van der Waals surface area contributed by atoms with Gasteiger partial charge < -0.3 is 5.73 Å². The first-order chi connectivity index (χ1) is 9.81. The van der Waals surface area contributed by atoms with Crippen LogP contribution >= 0.6 is 0 Å². The Labute approximate surface area is 115 Å². The van der Waals surface area contributed by atoms with Gasteiger partial charge >= 0.3 is 0 Å². The largest absolute Gasteiger partial charge is 0.329 e. The molecular formula is C16H13N3O. The summed E-state index contributed by atoms with van der Waals surface area (Å²) in [5.74, 6) is 0. The third kappa shape index (κ3) is 1.34. The SMILES string of the molecule is NCCn1nc2c3c(cccc3c1=O)-c1ccccc1-2. The predicted octanol–water partition coefficient (Wildman–Crippen LogP) is 2.00. The molecular weight excluding hydrogens is 250 g/mol. The van der Waals surface area contributed by atoms with E-state index in [4.69, 9.17) is 5.73 Å². The highest BCUT2D eigenvalue weighted by Gasteiger charge is 2.24. The summed E-state index contributed by atoms with van der Waals surface area (Å²) in [4.78, 5) is 12.4. The highest BCUT2D eigenvalue weighted by molar-refractivity contribution is 6.13. The Morgan fingerprint density at radius 1 is 1.00 bits per heavy atom. The standard InChI is InChI=1S/C16H13N3O/c17-8-9-19-16(20)13-7-3-6-11-10-4-1-2-5-12(10)15(18-19)14(11)13/h1-7H,8-9,17H2. The van der Waals surface area contributed by atoms with Gasteiger partial charge in [-0.2, -0.15) is 5.10 Å². The van der Waals surface area contributed by atoms with Gasteiger partial charge in [-0.3, -0.25) is 4.79 Å². The van der Waals surface area contributed by atoms with Gasteiger partial charge in [0, 0.05) is 17.5 Å². The molecule has 2 N–H and O–H groups in total. The smallest absolute Gasteiger partial charge is 0.274 e. The van der Waals surface area contributed by atoms with Gasteiger partial charge in [0.15, 0.2) is 0 Å². The molecule has 0 saturated heterocycles. The first kappa shape index (κ1) is 11.4. The lowest BCUT2D eigenvalue weighted by molar-refractivity contribution is 0.597. The second-order valence-electron chi connectivity index (χ2n) is 4.94. The van der Waals surface area contributed by atoms with Gasteiger partial charge in [-0.15, -0.1) is 0 Å². The molecule has 0 saturated carbocycles. The summed E-state index contributed by atoms with van der Waals surface area (Å²) in [6.45, 7) is 0.841. The topological polar surface area (TPSA) is 60.9 Å². The van der Waals surface area contributed by atoms with E-state index in [0.29, 0.717) is 13.1 Å². The molecule has 1 aromatic heterocycles.